The first-order valence-corrected chi connectivity index (χ1v) is 16.4. The molecular formula is C34H47N11O4. The van der Waals surface area contributed by atoms with Crippen molar-refractivity contribution in [3.63, 3.8) is 0 Å². The molecule has 2 aromatic heterocycles. The van der Waals surface area contributed by atoms with Gasteiger partial charge in [-0.15, -0.1) is 0 Å². The van der Waals surface area contributed by atoms with Gasteiger partial charge in [0.25, 0.3) is 0 Å². The van der Waals surface area contributed by atoms with Gasteiger partial charge in [0.2, 0.25) is 23.6 Å². The van der Waals surface area contributed by atoms with Crippen molar-refractivity contribution in [3.8, 4) is 0 Å². The van der Waals surface area contributed by atoms with Gasteiger partial charge in [0.05, 0.1) is 6.04 Å². The first-order chi connectivity index (χ1) is 23.6. The molecule has 49 heavy (non-hydrogen) atoms. The molecule has 0 aliphatic rings. The number of fused-ring (bicyclic) bond motifs is 2. The van der Waals surface area contributed by atoms with Crippen LogP contribution in [-0.4, -0.2) is 76.8 Å². The largest absolute Gasteiger partial charge is 0.370 e. The average Bonchev–Trinajstić information content (AvgIpc) is 3.68. The minimum atomic E-state index is -1.13. The van der Waals surface area contributed by atoms with Gasteiger partial charge < -0.3 is 54.2 Å². The number of primary amides is 1. The number of hydrogen-bond donors (Lipinski definition) is 11. The smallest absolute Gasteiger partial charge is 0.243 e. The Bertz CT molecular complexity index is 1750. The lowest BCUT2D eigenvalue weighted by Gasteiger charge is -2.25. The molecule has 15 heteroatoms. The molecule has 262 valence electrons. The van der Waals surface area contributed by atoms with Gasteiger partial charge in [0.15, 0.2) is 5.96 Å². The number of carbonyl (C=O) groups is 4. The van der Waals surface area contributed by atoms with Crippen LogP contribution in [0.15, 0.2) is 60.9 Å². The SMILES string of the molecule is N=C(N)NCCC[C@@H](NC(=O)[C@H](N)Cc1c[nH]c2ccccc12)C(=O)N[C@H](Cc1c[nH]c2ccccc12)C(=O)N[C@H](CCCCN)C(N)=O. The number of amides is 4. The van der Waals surface area contributed by atoms with E-state index in [4.69, 9.17) is 28.3 Å². The Morgan fingerprint density at radius 2 is 1.22 bits per heavy atom. The Kier molecular flexibility index (Phi) is 13.1. The maximum Gasteiger partial charge on any atom is 0.243 e. The van der Waals surface area contributed by atoms with Gasteiger partial charge in [-0.25, -0.2) is 0 Å². The second-order valence-corrected chi connectivity index (χ2v) is 12.1. The minimum absolute atomic E-state index is 0.0858. The zero-order valence-corrected chi connectivity index (χ0v) is 27.4. The number of rotatable bonds is 19. The minimum Gasteiger partial charge on any atom is -0.370 e. The highest BCUT2D eigenvalue weighted by Crippen LogP contribution is 2.20. The van der Waals surface area contributed by atoms with E-state index in [9.17, 15) is 19.2 Å². The summed E-state index contributed by atoms with van der Waals surface area (Å²) in [5.74, 6) is -2.69. The highest BCUT2D eigenvalue weighted by molar-refractivity contribution is 5.95. The summed E-state index contributed by atoms with van der Waals surface area (Å²) in [5, 5.41) is 20.2. The van der Waals surface area contributed by atoms with Gasteiger partial charge in [0.1, 0.15) is 18.1 Å². The molecule has 4 amide bonds. The van der Waals surface area contributed by atoms with Crippen LogP contribution < -0.4 is 44.2 Å². The molecule has 4 atom stereocenters. The number of carbonyl (C=O) groups excluding carboxylic acids is 4. The molecule has 0 unspecified atom stereocenters. The van der Waals surface area contributed by atoms with E-state index in [-0.39, 0.29) is 31.8 Å². The number of unbranched alkanes of at least 4 members (excludes halogenated alkanes) is 1. The van der Waals surface area contributed by atoms with E-state index in [1.165, 1.54) is 0 Å². The van der Waals surface area contributed by atoms with Crippen molar-refractivity contribution in [2.45, 2.75) is 69.1 Å². The van der Waals surface area contributed by atoms with Gasteiger partial charge in [-0.2, -0.15) is 0 Å². The number of aromatic nitrogens is 2. The van der Waals surface area contributed by atoms with Crippen molar-refractivity contribution in [1.29, 1.82) is 5.41 Å². The number of hydrogen-bond acceptors (Lipinski definition) is 7. The van der Waals surface area contributed by atoms with Crippen molar-refractivity contribution in [3.05, 3.63) is 72.1 Å². The number of benzene rings is 2. The molecule has 15 N–H and O–H groups in total. The summed E-state index contributed by atoms with van der Waals surface area (Å²) in [6.45, 7) is 0.706. The van der Waals surface area contributed by atoms with E-state index in [0.717, 1.165) is 32.9 Å². The second-order valence-electron chi connectivity index (χ2n) is 12.1. The van der Waals surface area contributed by atoms with Crippen molar-refractivity contribution in [2.24, 2.45) is 22.9 Å². The molecule has 0 aliphatic carbocycles. The highest BCUT2D eigenvalue weighted by atomic mass is 16.2. The summed E-state index contributed by atoms with van der Waals surface area (Å²) < 4.78 is 0. The van der Waals surface area contributed by atoms with Crippen LogP contribution >= 0.6 is 0 Å². The summed E-state index contributed by atoms with van der Waals surface area (Å²) in [7, 11) is 0. The fourth-order valence-corrected chi connectivity index (χ4v) is 5.76. The lowest BCUT2D eigenvalue weighted by atomic mass is 10.0. The molecule has 0 aliphatic heterocycles. The molecular weight excluding hydrogens is 626 g/mol. The molecule has 0 saturated heterocycles. The predicted molar refractivity (Wildman–Crippen MR) is 189 cm³/mol. The van der Waals surface area contributed by atoms with E-state index in [2.05, 4.69) is 31.2 Å². The number of para-hydroxylation sites is 2. The Balaban J connectivity index is 1.53. The number of nitrogens with one attached hydrogen (secondary N) is 7. The van der Waals surface area contributed by atoms with Crippen LogP contribution in [0.3, 0.4) is 0 Å². The van der Waals surface area contributed by atoms with E-state index in [0.29, 0.717) is 32.2 Å². The fourth-order valence-electron chi connectivity index (χ4n) is 5.76. The van der Waals surface area contributed by atoms with E-state index in [1.54, 1.807) is 12.4 Å². The van der Waals surface area contributed by atoms with Crippen LogP contribution in [0, 0.1) is 5.41 Å². The van der Waals surface area contributed by atoms with Crippen LogP contribution in [0.2, 0.25) is 0 Å². The van der Waals surface area contributed by atoms with Crippen LogP contribution in [-0.2, 0) is 32.0 Å². The van der Waals surface area contributed by atoms with Gasteiger partial charge >= 0.3 is 0 Å². The second kappa shape index (κ2) is 17.7. The van der Waals surface area contributed by atoms with Crippen LogP contribution in [0.25, 0.3) is 21.8 Å². The summed E-state index contributed by atoms with van der Waals surface area (Å²) in [6.07, 6.45) is 5.91. The highest BCUT2D eigenvalue weighted by Gasteiger charge is 2.31. The zero-order valence-electron chi connectivity index (χ0n) is 27.4. The van der Waals surface area contributed by atoms with Crippen molar-refractivity contribution < 1.29 is 19.2 Å². The maximum atomic E-state index is 13.9. The van der Waals surface area contributed by atoms with E-state index in [1.807, 2.05) is 48.5 Å². The number of nitrogens with two attached hydrogens (primary N) is 4. The van der Waals surface area contributed by atoms with Crippen molar-refractivity contribution in [1.82, 2.24) is 31.2 Å². The average molecular weight is 674 g/mol. The summed E-state index contributed by atoms with van der Waals surface area (Å²) >= 11 is 0. The monoisotopic (exact) mass is 673 g/mol. The summed E-state index contributed by atoms with van der Waals surface area (Å²) in [6, 6.07) is 11.1. The Morgan fingerprint density at radius 3 is 1.82 bits per heavy atom. The van der Waals surface area contributed by atoms with Gasteiger partial charge in [-0.1, -0.05) is 36.4 Å². The van der Waals surface area contributed by atoms with Crippen LogP contribution in [0.1, 0.15) is 43.2 Å². The van der Waals surface area contributed by atoms with Gasteiger partial charge in [-0.05, 0) is 68.3 Å². The van der Waals surface area contributed by atoms with E-state index < -0.39 is 47.8 Å². The summed E-state index contributed by atoms with van der Waals surface area (Å²) in [4.78, 5) is 59.6. The molecule has 0 bridgehead atoms. The molecule has 0 radical (unpaired) electrons. The molecule has 4 aromatic rings. The zero-order chi connectivity index (χ0) is 35.3. The molecule has 2 heterocycles. The van der Waals surface area contributed by atoms with Gasteiger partial charge in [-0.3, -0.25) is 24.6 Å². The van der Waals surface area contributed by atoms with Crippen molar-refractivity contribution in [2.75, 3.05) is 13.1 Å². The number of guanidine groups is 1. The Labute approximate surface area is 284 Å². The van der Waals surface area contributed by atoms with Crippen LogP contribution in [0.4, 0.5) is 0 Å². The van der Waals surface area contributed by atoms with Crippen molar-refractivity contribution >= 4 is 51.4 Å². The Morgan fingerprint density at radius 1 is 0.694 bits per heavy atom. The number of aromatic amines is 2. The quantitative estimate of drug-likeness (QED) is 0.0368. The van der Waals surface area contributed by atoms with E-state index >= 15 is 0 Å². The molecule has 15 nitrogen and oxygen atoms in total. The third kappa shape index (κ3) is 10.3. The number of H-pyrrole nitrogens is 2. The topological polar surface area (TPSA) is 276 Å². The Hall–Kier alpha value is -5.41. The molecule has 0 fully saturated rings. The standard InChI is InChI=1S/C34H47N11O4/c35-14-6-5-12-27(30(37)46)43-33(49)29(17-21-19-42-26-11-4-2-9-23(21)26)45-32(48)28(13-7-15-40-34(38)39)44-31(47)24(36)16-20-18-41-25-10-3-1-8-22(20)25/h1-4,8-11,18-19,24,27-29,41-42H,5-7,12-17,35-36H2,(H2,37,46)(H,43,49)(H,44,47)(H,45,48)(H4,38,39,40)/t24-,27-,28-,29-/m1/s1. The fraction of sp³-hybridized carbons (Fsp3) is 0.382. The molecule has 2 aromatic carbocycles. The lowest BCUT2D eigenvalue weighted by Crippen LogP contribution is -2.58. The van der Waals surface area contributed by atoms with Crippen LogP contribution in [0.5, 0.6) is 0 Å². The maximum absolute atomic E-state index is 13.9. The first kappa shape index (κ1) is 36.4. The third-order valence-corrected chi connectivity index (χ3v) is 8.41. The first-order valence-electron chi connectivity index (χ1n) is 16.4. The van der Waals surface area contributed by atoms with Gasteiger partial charge in [0, 0.05) is 47.2 Å². The summed E-state index contributed by atoms with van der Waals surface area (Å²) in [5.41, 5.74) is 26.3. The molecule has 0 saturated carbocycles. The molecule has 0 spiro atoms. The lowest BCUT2D eigenvalue weighted by molar-refractivity contribution is -0.133. The normalized spacial score (nSPS) is 13.7. The molecule has 4 rings (SSSR count). The predicted octanol–water partition coefficient (Wildman–Crippen LogP) is 0.0937. The third-order valence-electron chi connectivity index (χ3n) is 8.41.